The maximum atomic E-state index is 12.1. The van der Waals surface area contributed by atoms with E-state index in [1.807, 2.05) is 0 Å². The molecular weight excluding hydrogens is 337 g/mol. The van der Waals surface area contributed by atoms with Crippen LogP contribution in [-0.2, 0) is 16.6 Å². The summed E-state index contributed by atoms with van der Waals surface area (Å²) in [6.45, 7) is -0.468. The second-order valence-electron chi connectivity index (χ2n) is 4.43. The van der Waals surface area contributed by atoms with Crippen molar-refractivity contribution in [3.05, 3.63) is 42.4 Å². The van der Waals surface area contributed by atoms with Crippen molar-refractivity contribution in [2.75, 3.05) is 0 Å². The molecule has 0 saturated heterocycles. The lowest BCUT2D eigenvalue weighted by Gasteiger charge is -2.06. The maximum absolute atomic E-state index is 12.1. The Morgan fingerprint density at radius 3 is 2.61 bits per heavy atom. The van der Waals surface area contributed by atoms with Gasteiger partial charge in [0.25, 0.3) is 15.9 Å². The number of amides is 1. The van der Waals surface area contributed by atoms with Crippen molar-refractivity contribution in [1.82, 2.24) is 19.5 Å². The molecule has 7 nitrogen and oxygen atoms in total. The first-order chi connectivity index (χ1) is 10.7. The van der Waals surface area contributed by atoms with E-state index in [4.69, 9.17) is 0 Å². The van der Waals surface area contributed by atoms with Crippen LogP contribution >= 0.6 is 0 Å². The van der Waals surface area contributed by atoms with E-state index in [1.165, 1.54) is 24.4 Å². The fourth-order valence-electron chi connectivity index (χ4n) is 1.58. The number of halogens is 3. The van der Waals surface area contributed by atoms with Gasteiger partial charge in [-0.25, -0.2) is 9.71 Å². The van der Waals surface area contributed by atoms with Crippen molar-refractivity contribution in [3.8, 4) is 0 Å². The fourth-order valence-corrected chi connectivity index (χ4v) is 2.49. The summed E-state index contributed by atoms with van der Waals surface area (Å²) in [4.78, 5) is 15.4. The summed E-state index contributed by atoms with van der Waals surface area (Å²) in [5.74, 6) is -1.05. The molecule has 0 radical (unpaired) electrons. The SMILES string of the molecule is O=C(NS(=O)(=O)c1ccccn1)c1ccn(CCC(F)(F)F)n1. The third-order valence-corrected chi connectivity index (χ3v) is 3.88. The molecule has 11 heteroatoms. The average Bonchev–Trinajstić information content (AvgIpc) is 2.94. The van der Waals surface area contributed by atoms with Gasteiger partial charge in [-0.2, -0.15) is 26.7 Å². The van der Waals surface area contributed by atoms with E-state index in [0.29, 0.717) is 0 Å². The molecule has 2 heterocycles. The van der Waals surface area contributed by atoms with Crippen LogP contribution in [0.1, 0.15) is 16.9 Å². The molecule has 1 amide bonds. The molecular formula is C12H11F3N4O3S. The first kappa shape index (κ1) is 16.9. The number of sulfonamides is 1. The highest BCUT2D eigenvalue weighted by atomic mass is 32.2. The molecule has 0 aliphatic carbocycles. The lowest BCUT2D eigenvalue weighted by molar-refractivity contribution is -0.137. The van der Waals surface area contributed by atoms with Crippen LogP contribution in [0.4, 0.5) is 13.2 Å². The van der Waals surface area contributed by atoms with E-state index >= 15 is 0 Å². The Morgan fingerprint density at radius 2 is 2.00 bits per heavy atom. The Balaban J connectivity index is 2.06. The van der Waals surface area contributed by atoms with Crippen molar-refractivity contribution in [1.29, 1.82) is 0 Å². The third-order valence-electron chi connectivity index (χ3n) is 2.64. The van der Waals surface area contributed by atoms with Crippen LogP contribution < -0.4 is 4.72 Å². The minimum atomic E-state index is -4.35. The van der Waals surface area contributed by atoms with Gasteiger partial charge in [-0.1, -0.05) is 6.07 Å². The molecule has 2 aromatic rings. The lowest BCUT2D eigenvalue weighted by Crippen LogP contribution is -2.31. The molecule has 1 N–H and O–H groups in total. The molecule has 0 saturated carbocycles. The number of aromatic nitrogens is 3. The highest BCUT2D eigenvalue weighted by molar-refractivity contribution is 7.90. The van der Waals surface area contributed by atoms with E-state index in [0.717, 1.165) is 16.9 Å². The van der Waals surface area contributed by atoms with E-state index in [-0.39, 0.29) is 10.7 Å². The Hall–Kier alpha value is -2.43. The monoisotopic (exact) mass is 348 g/mol. The number of rotatable bonds is 5. The number of carbonyl (C=O) groups is 1. The molecule has 0 aliphatic rings. The van der Waals surface area contributed by atoms with Gasteiger partial charge >= 0.3 is 6.18 Å². The third kappa shape index (κ3) is 4.77. The van der Waals surface area contributed by atoms with Crippen LogP contribution in [0.5, 0.6) is 0 Å². The number of hydrogen-bond donors (Lipinski definition) is 1. The van der Waals surface area contributed by atoms with Crippen LogP contribution in [0, 0.1) is 0 Å². The van der Waals surface area contributed by atoms with E-state index < -0.39 is 35.1 Å². The molecule has 0 unspecified atom stereocenters. The molecule has 0 aromatic carbocycles. The van der Waals surface area contributed by atoms with Crippen molar-refractivity contribution in [2.45, 2.75) is 24.2 Å². The Bertz CT molecular complexity index is 787. The Kier molecular flexibility index (Phi) is 4.68. The minimum Gasteiger partial charge on any atom is -0.272 e. The predicted octanol–water partition coefficient (Wildman–Crippen LogP) is 1.35. The first-order valence-corrected chi connectivity index (χ1v) is 7.74. The molecule has 0 bridgehead atoms. The number of pyridine rings is 1. The van der Waals surface area contributed by atoms with Gasteiger partial charge in [0.05, 0.1) is 6.42 Å². The summed E-state index contributed by atoms with van der Waals surface area (Å²) < 4.78 is 62.8. The molecule has 124 valence electrons. The summed E-state index contributed by atoms with van der Waals surface area (Å²) in [6, 6.07) is 5.25. The van der Waals surface area contributed by atoms with Gasteiger partial charge in [0.15, 0.2) is 10.7 Å². The zero-order valence-electron chi connectivity index (χ0n) is 11.5. The van der Waals surface area contributed by atoms with Crippen LogP contribution in [-0.4, -0.2) is 35.3 Å². The number of alkyl halides is 3. The largest absolute Gasteiger partial charge is 0.390 e. The Morgan fingerprint density at radius 1 is 1.26 bits per heavy atom. The number of hydrogen-bond acceptors (Lipinski definition) is 5. The average molecular weight is 348 g/mol. The van der Waals surface area contributed by atoms with Gasteiger partial charge in [0.1, 0.15) is 0 Å². The highest BCUT2D eigenvalue weighted by Crippen LogP contribution is 2.20. The van der Waals surface area contributed by atoms with Crippen LogP contribution in [0.2, 0.25) is 0 Å². The van der Waals surface area contributed by atoms with Crippen molar-refractivity contribution >= 4 is 15.9 Å². The second-order valence-corrected chi connectivity index (χ2v) is 6.06. The van der Waals surface area contributed by atoms with Crippen molar-refractivity contribution in [3.63, 3.8) is 0 Å². The standard InChI is InChI=1S/C12H11F3N4O3S/c13-12(14,15)5-8-19-7-4-9(17-19)11(20)18-23(21,22)10-3-1-2-6-16-10/h1-4,6-7H,5,8H2,(H,18,20). The molecule has 0 fully saturated rings. The fraction of sp³-hybridized carbons (Fsp3) is 0.250. The van der Waals surface area contributed by atoms with Crippen LogP contribution in [0.25, 0.3) is 0 Å². The summed E-state index contributed by atoms with van der Waals surface area (Å²) in [7, 11) is -4.17. The molecule has 2 aromatic heterocycles. The quantitative estimate of drug-likeness (QED) is 0.880. The minimum absolute atomic E-state index is 0.313. The second kappa shape index (κ2) is 6.36. The molecule has 2 rings (SSSR count). The highest BCUT2D eigenvalue weighted by Gasteiger charge is 2.27. The normalized spacial score (nSPS) is 12.1. The summed E-state index contributed by atoms with van der Waals surface area (Å²) in [5, 5.41) is 3.25. The van der Waals surface area contributed by atoms with Gasteiger partial charge in [-0.05, 0) is 18.2 Å². The predicted molar refractivity (Wildman–Crippen MR) is 71.8 cm³/mol. The van der Waals surface area contributed by atoms with Gasteiger partial charge in [0.2, 0.25) is 0 Å². The van der Waals surface area contributed by atoms with E-state index in [9.17, 15) is 26.4 Å². The van der Waals surface area contributed by atoms with Crippen LogP contribution in [0.15, 0.2) is 41.7 Å². The van der Waals surface area contributed by atoms with E-state index in [2.05, 4.69) is 10.1 Å². The molecule has 0 aliphatic heterocycles. The van der Waals surface area contributed by atoms with Crippen molar-refractivity contribution in [2.24, 2.45) is 0 Å². The number of nitrogens with zero attached hydrogens (tertiary/aromatic N) is 3. The summed E-state index contributed by atoms with van der Waals surface area (Å²) in [6.07, 6.45) is -3.06. The topological polar surface area (TPSA) is 94.0 Å². The van der Waals surface area contributed by atoms with Gasteiger partial charge in [0, 0.05) is 18.9 Å². The van der Waals surface area contributed by atoms with Crippen LogP contribution in [0.3, 0.4) is 0 Å². The summed E-state index contributed by atoms with van der Waals surface area (Å²) >= 11 is 0. The lowest BCUT2D eigenvalue weighted by atomic mass is 10.4. The smallest absolute Gasteiger partial charge is 0.272 e. The van der Waals surface area contributed by atoms with Crippen molar-refractivity contribution < 1.29 is 26.4 Å². The first-order valence-electron chi connectivity index (χ1n) is 6.26. The zero-order valence-corrected chi connectivity index (χ0v) is 12.3. The number of aryl methyl sites for hydroxylation is 1. The Labute approximate surface area is 129 Å². The molecule has 23 heavy (non-hydrogen) atoms. The zero-order chi connectivity index (χ0) is 17.1. The number of carbonyl (C=O) groups excluding carboxylic acids is 1. The molecule has 0 spiro atoms. The maximum Gasteiger partial charge on any atom is 0.390 e. The van der Waals surface area contributed by atoms with Gasteiger partial charge < -0.3 is 0 Å². The van der Waals surface area contributed by atoms with Gasteiger partial charge in [-0.15, -0.1) is 0 Å². The number of nitrogens with one attached hydrogen (secondary N) is 1. The van der Waals surface area contributed by atoms with Gasteiger partial charge in [-0.3, -0.25) is 9.48 Å². The van der Waals surface area contributed by atoms with E-state index in [1.54, 1.807) is 4.72 Å². The molecule has 0 atom stereocenters. The summed E-state index contributed by atoms with van der Waals surface area (Å²) in [5.41, 5.74) is -0.313.